The summed E-state index contributed by atoms with van der Waals surface area (Å²) in [4.78, 5) is 45.8. The Balaban J connectivity index is 0.000000396. The zero-order chi connectivity index (χ0) is 22.1. The van der Waals surface area contributed by atoms with Crippen molar-refractivity contribution in [2.45, 2.75) is 6.54 Å². The van der Waals surface area contributed by atoms with Crippen LogP contribution in [-0.2, 0) is 6.54 Å². The van der Waals surface area contributed by atoms with Crippen LogP contribution in [0.25, 0.3) is 11.2 Å². The fraction of sp³-hybridized carbons (Fsp3) is 0.278. The molecule has 30 heavy (non-hydrogen) atoms. The second-order valence-corrected chi connectivity index (χ2v) is 7.46. The Bertz CT molecular complexity index is 972. The van der Waals surface area contributed by atoms with Crippen molar-refractivity contribution in [2.24, 2.45) is 0 Å². The highest BCUT2D eigenvalue weighted by Crippen LogP contribution is 2.20. The number of carbonyl (C=O) groups is 1. The van der Waals surface area contributed by atoms with E-state index < -0.39 is 8.38 Å². The van der Waals surface area contributed by atoms with Crippen molar-refractivity contribution in [3.8, 4) is 0 Å². The van der Waals surface area contributed by atoms with Gasteiger partial charge in [-0.15, -0.1) is 0 Å². The molecule has 0 aliphatic heterocycles. The molecule has 1 aromatic carbocycles. The Hall–Kier alpha value is -2.98. The molecule has 0 aliphatic rings. The zero-order valence-corrected chi connectivity index (χ0v) is 17.6. The van der Waals surface area contributed by atoms with Gasteiger partial charge in [-0.05, 0) is 31.3 Å². The summed E-state index contributed by atoms with van der Waals surface area (Å²) in [6.45, 7) is 1.20. The van der Waals surface area contributed by atoms with Gasteiger partial charge in [0.05, 0.1) is 18.4 Å². The zero-order valence-electron chi connectivity index (χ0n) is 16.7. The lowest BCUT2D eigenvalue weighted by atomic mass is 10.2. The summed E-state index contributed by atoms with van der Waals surface area (Å²) in [5.41, 5.74) is 14.5. The maximum absolute atomic E-state index is 10.7. The lowest BCUT2D eigenvalue weighted by Crippen LogP contribution is -2.17. The number of nitrogen functional groups attached to an aromatic ring is 2. The number of aldehydes is 1. The fourth-order valence-electron chi connectivity index (χ4n) is 2.41. The van der Waals surface area contributed by atoms with Crippen LogP contribution < -0.4 is 21.7 Å². The van der Waals surface area contributed by atoms with Gasteiger partial charge in [0.25, 0.3) is 0 Å². The summed E-state index contributed by atoms with van der Waals surface area (Å²) in [5, 5.41) is 2.80. The number of benzene rings is 1. The predicted octanol–water partition coefficient (Wildman–Crippen LogP) is 0.535. The van der Waals surface area contributed by atoms with Crippen molar-refractivity contribution in [1.29, 1.82) is 0 Å². The van der Waals surface area contributed by atoms with Gasteiger partial charge in [-0.1, -0.05) is 0 Å². The van der Waals surface area contributed by atoms with Crippen LogP contribution in [0.15, 0.2) is 30.5 Å². The lowest BCUT2D eigenvalue weighted by Gasteiger charge is -2.19. The molecule has 160 valence electrons. The molecule has 0 aliphatic carbocycles. The smallest absolute Gasteiger partial charge is 0.224 e. The van der Waals surface area contributed by atoms with Crippen LogP contribution in [0.1, 0.15) is 16.1 Å². The van der Waals surface area contributed by atoms with Crippen LogP contribution in [0.4, 0.5) is 17.5 Å². The van der Waals surface area contributed by atoms with E-state index in [2.05, 4.69) is 25.3 Å². The monoisotopic (exact) mass is 432 g/mol. The fourth-order valence-corrected chi connectivity index (χ4v) is 2.84. The summed E-state index contributed by atoms with van der Waals surface area (Å²) in [7, 11) is 2.03. The first-order valence-electron chi connectivity index (χ1n) is 8.95. The molecule has 0 saturated heterocycles. The van der Waals surface area contributed by atoms with Crippen LogP contribution in [0.3, 0.4) is 0 Å². The maximum Gasteiger partial charge on any atom is 0.224 e. The molecule has 0 bridgehead atoms. The Morgan fingerprint density at radius 3 is 2.43 bits per heavy atom. The van der Waals surface area contributed by atoms with E-state index in [-0.39, 0.29) is 11.8 Å². The second-order valence-electron chi connectivity index (χ2n) is 6.27. The van der Waals surface area contributed by atoms with Crippen molar-refractivity contribution in [3.63, 3.8) is 0 Å². The number of nitrogens with two attached hydrogens (primary N) is 2. The first kappa shape index (κ1) is 23.3. The van der Waals surface area contributed by atoms with E-state index in [1.165, 1.54) is 0 Å². The predicted molar refractivity (Wildman–Crippen MR) is 118 cm³/mol. The quantitative estimate of drug-likeness (QED) is 0.260. The Morgan fingerprint density at radius 2 is 1.87 bits per heavy atom. The number of hydrogen-bond acceptors (Lipinski definition) is 11. The topological polar surface area (TPSA) is 176 Å². The molecule has 2 aromatic heterocycles. The molecule has 0 saturated carbocycles. The molecular formula is C18H25N8O3P. The Kier molecular flexibility index (Phi) is 8.75. The number of hydrogen-bond donors (Lipinski definition) is 5. The normalized spacial score (nSPS) is 10.6. The van der Waals surface area contributed by atoms with Gasteiger partial charge in [0.2, 0.25) is 5.95 Å². The molecule has 0 amide bonds. The highest BCUT2D eigenvalue weighted by atomic mass is 31.2. The first-order valence-corrected chi connectivity index (χ1v) is 10.4. The summed E-state index contributed by atoms with van der Waals surface area (Å²) in [6.07, 6.45) is 2.91. The highest BCUT2D eigenvalue weighted by molar-refractivity contribution is 7.45. The largest absolute Gasteiger partial charge is 0.382 e. The number of nitrogens with one attached hydrogen (secondary N) is 1. The Morgan fingerprint density at radius 1 is 1.17 bits per heavy atom. The Labute approximate surface area is 175 Å². The van der Waals surface area contributed by atoms with Gasteiger partial charge in [-0.3, -0.25) is 4.79 Å². The van der Waals surface area contributed by atoms with E-state index in [0.29, 0.717) is 36.0 Å². The highest BCUT2D eigenvalue weighted by Gasteiger charge is 2.09. The van der Waals surface area contributed by atoms with Crippen LogP contribution in [0, 0.1) is 0 Å². The van der Waals surface area contributed by atoms with Crippen molar-refractivity contribution < 1.29 is 14.6 Å². The molecule has 3 aromatic rings. The molecule has 2 heterocycles. The molecule has 0 unspecified atom stereocenters. The number of nitrogens with zero attached hydrogens (tertiary/aromatic N) is 5. The maximum atomic E-state index is 10.7. The van der Waals surface area contributed by atoms with Crippen LogP contribution in [0.2, 0.25) is 0 Å². The molecule has 3 rings (SSSR count). The van der Waals surface area contributed by atoms with Gasteiger partial charge in [0.1, 0.15) is 6.29 Å². The minimum atomic E-state index is -1.67. The molecule has 12 heteroatoms. The molecule has 7 N–H and O–H groups in total. The number of fused-ring (bicyclic) bond motifs is 1. The second kappa shape index (κ2) is 11.3. The van der Waals surface area contributed by atoms with Crippen LogP contribution in [-0.4, -0.2) is 62.8 Å². The van der Waals surface area contributed by atoms with Gasteiger partial charge >= 0.3 is 0 Å². The molecule has 0 fully saturated rings. The van der Waals surface area contributed by atoms with E-state index >= 15 is 0 Å². The summed E-state index contributed by atoms with van der Waals surface area (Å²) >= 11 is 0. The third-order valence-electron chi connectivity index (χ3n) is 3.93. The minimum absolute atomic E-state index is 0.0736. The van der Waals surface area contributed by atoms with Gasteiger partial charge < -0.3 is 31.5 Å². The third-order valence-corrected chi connectivity index (χ3v) is 4.56. The standard InChI is InChI=1S/C15H15N7O.C3H10NO2P/c1-22(11-4-2-9(8-23)3-5-11)7-10-6-18-14-12(19-10)13(16)20-15(17)21-14;1-4-2-3-7(5)6/h2-6,8H,7H2,1H3,(H4,16,17,18,20,21);4-6H,2-3H2,1H3. The van der Waals surface area contributed by atoms with Crippen LogP contribution in [0.5, 0.6) is 0 Å². The van der Waals surface area contributed by atoms with Crippen LogP contribution >= 0.6 is 8.38 Å². The molecule has 0 spiro atoms. The minimum Gasteiger partial charge on any atom is -0.382 e. The summed E-state index contributed by atoms with van der Waals surface area (Å²) in [6, 6.07) is 7.27. The van der Waals surface area contributed by atoms with Gasteiger partial charge in [0, 0.05) is 31.0 Å². The molecule has 11 nitrogen and oxygen atoms in total. The van der Waals surface area contributed by atoms with Crippen molar-refractivity contribution in [2.75, 3.05) is 43.2 Å². The number of rotatable bonds is 7. The summed E-state index contributed by atoms with van der Waals surface area (Å²) in [5.74, 6) is 0.282. The first-order chi connectivity index (χ1) is 14.3. The third kappa shape index (κ3) is 6.82. The molecule has 0 atom stereocenters. The average Bonchev–Trinajstić information content (AvgIpc) is 2.73. The van der Waals surface area contributed by atoms with Gasteiger partial charge in [-0.2, -0.15) is 9.97 Å². The van der Waals surface area contributed by atoms with E-state index in [4.69, 9.17) is 21.3 Å². The van der Waals surface area contributed by atoms with E-state index in [1.807, 2.05) is 24.1 Å². The molecule has 0 radical (unpaired) electrons. The summed E-state index contributed by atoms with van der Waals surface area (Å²) < 4.78 is 0. The van der Waals surface area contributed by atoms with Gasteiger partial charge in [0.15, 0.2) is 25.4 Å². The van der Waals surface area contributed by atoms with E-state index in [9.17, 15) is 4.79 Å². The van der Waals surface area contributed by atoms with Crippen molar-refractivity contribution in [3.05, 3.63) is 41.7 Å². The van der Waals surface area contributed by atoms with Crippen molar-refractivity contribution in [1.82, 2.24) is 25.3 Å². The SMILES string of the molecule is CN(Cc1cnc2nc(N)nc(N)c2n1)c1ccc(C=O)cc1.CNCCP(O)O. The van der Waals surface area contributed by atoms with Gasteiger partial charge in [-0.25, -0.2) is 9.97 Å². The van der Waals surface area contributed by atoms with E-state index in [1.54, 1.807) is 25.4 Å². The number of aromatic nitrogens is 4. The average molecular weight is 432 g/mol. The molecular weight excluding hydrogens is 407 g/mol. The lowest BCUT2D eigenvalue weighted by molar-refractivity contribution is 0.112. The van der Waals surface area contributed by atoms with Crippen molar-refractivity contribution >= 4 is 43.3 Å². The number of carbonyl (C=O) groups excluding carboxylic acids is 1. The van der Waals surface area contributed by atoms with E-state index in [0.717, 1.165) is 17.7 Å². The number of anilines is 3.